The number of nitrogens with zero attached hydrogens (tertiary/aromatic N) is 4. The Hall–Kier alpha value is -3.91. The molecule has 0 spiro atoms. The number of anilines is 2. The standard InChI is InChI=1S/C24H21F3N6O4S/c1-23(2)9-16-13(10-37-23)8-14-18-19(38-21(14)31-16)20(30-11-29-18)28-6-5-12-3-4-15(17(7-12)33(35)36)32-22(34)24(25,26)27/h3-4,7-8,11H,5-6,9-10H2,1-2H3,(H,32,34)(H,28,29,30). The Morgan fingerprint density at radius 2 is 2.05 bits per heavy atom. The van der Waals surface area contributed by atoms with Crippen molar-refractivity contribution in [3.05, 3.63) is 57.5 Å². The van der Waals surface area contributed by atoms with Crippen LogP contribution in [0.4, 0.5) is 30.4 Å². The molecule has 1 aliphatic heterocycles. The highest BCUT2D eigenvalue weighted by molar-refractivity contribution is 7.25. The van der Waals surface area contributed by atoms with Crippen LogP contribution < -0.4 is 10.6 Å². The third kappa shape index (κ3) is 5.09. The fourth-order valence-corrected chi connectivity index (χ4v) is 5.32. The van der Waals surface area contributed by atoms with Crippen molar-refractivity contribution in [1.82, 2.24) is 15.0 Å². The van der Waals surface area contributed by atoms with Gasteiger partial charge in [0, 0.05) is 30.0 Å². The van der Waals surface area contributed by atoms with Gasteiger partial charge >= 0.3 is 12.1 Å². The summed E-state index contributed by atoms with van der Waals surface area (Å²) in [6.45, 7) is 4.86. The number of nitro benzene ring substituents is 1. The van der Waals surface area contributed by atoms with E-state index in [4.69, 9.17) is 9.72 Å². The molecule has 0 unspecified atom stereocenters. The van der Waals surface area contributed by atoms with E-state index in [1.165, 1.54) is 23.7 Å². The van der Waals surface area contributed by atoms with Crippen LogP contribution in [0.2, 0.25) is 0 Å². The average Bonchev–Trinajstić information content (AvgIpc) is 3.20. The topological polar surface area (TPSA) is 132 Å². The molecule has 10 nitrogen and oxygen atoms in total. The molecular formula is C24H21F3N6O4S. The molecule has 1 amide bonds. The number of halogens is 3. The number of amides is 1. The second-order valence-corrected chi connectivity index (χ2v) is 10.4. The number of aromatic nitrogens is 3. The van der Waals surface area contributed by atoms with E-state index in [9.17, 15) is 28.1 Å². The highest BCUT2D eigenvalue weighted by Gasteiger charge is 2.39. The summed E-state index contributed by atoms with van der Waals surface area (Å²) >= 11 is 1.46. The number of hydrogen-bond acceptors (Lipinski definition) is 9. The van der Waals surface area contributed by atoms with Crippen LogP contribution in [0.3, 0.4) is 0 Å². The molecule has 198 valence electrons. The molecule has 38 heavy (non-hydrogen) atoms. The van der Waals surface area contributed by atoms with E-state index in [0.717, 1.165) is 43.8 Å². The number of carbonyl (C=O) groups excluding carboxylic acids is 1. The van der Waals surface area contributed by atoms with Gasteiger partial charge in [0.2, 0.25) is 0 Å². The summed E-state index contributed by atoms with van der Waals surface area (Å²) in [5, 5.41) is 17.1. The zero-order valence-corrected chi connectivity index (χ0v) is 21.0. The Balaban J connectivity index is 1.35. The maximum absolute atomic E-state index is 12.6. The van der Waals surface area contributed by atoms with Gasteiger partial charge in [-0.05, 0) is 38.0 Å². The predicted octanol–water partition coefficient (Wildman–Crippen LogP) is 5.15. The molecule has 14 heteroatoms. The molecule has 2 N–H and O–H groups in total. The Labute approximate surface area is 217 Å². The molecule has 0 bridgehead atoms. The second kappa shape index (κ2) is 9.44. The van der Waals surface area contributed by atoms with Crippen molar-refractivity contribution in [2.24, 2.45) is 0 Å². The molecule has 0 radical (unpaired) electrons. The van der Waals surface area contributed by atoms with Gasteiger partial charge in [0.25, 0.3) is 5.69 Å². The van der Waals surface area contributed by atoms with Gasteiger partial charge in [0.1, 0.15) is 22.7 Å². The number of fused-ring (bicyclic) bond motifs is 4. The zero-order valence-electron chi connectivity index (χ0n) is 20.2. The second-order valence-electron chi connectivity index (χ2n) is 9.41. The molecule has 0 atom stereocenters. The number of rotatable bonds is 6. The first-order valence-electron chi connectivity index (χ1n) is 11.5. The fourth-order valence-electron chi connectivity index (χ4n) is 4.22. The minimum absolute atomic E-state index is 0.284. The van der Waals surface area contributed by atoms with E-state index >= 15 is 0 Å². The van der Waals surface area contributed by atoms with E-state index in [2.05, 4.69) is 21.4 Å². The highest BCUT2D eigenvalue weighted by Crippen LogP contribution is 2.38. The molecule has 1 aromatic carbocycles. The Bertz CT molecular complexity index is 1590. The monoisotopic (exact) mass is 546 g/mol. The number of alkyl halides is 3. The van der Waals surface area contributed by atoms with Crippen LogP contribution in [-0.4, -0.2) is 44.1 Å². The summed E-state index contributed by atoms with van der Waals surface area (Å²) in [4.78, 5) is 36.3. The predicted molar refractivity (Wildman–Crippen MR) is 135 cm³/mol. The number of nitrogens with one attached hydrogen (secondary N) is 2. The Morgan fingerprint density at radius 3 is 2.79 bits per heavy atom. The first-order valence-corrected chi connectivity index (χ1v) is 12.3. The van der Waals surface area contributed by atoms with E-state index in [1.54, 1.807) is 5.32 Å². The van der Waals surface area contributed by atoms with Gasteiger partial charge in [-0.2, -0.15) is 13.2 Å². The lowest BCUT2D eigenvalue weighted by molar-refractivity contribution is -0.384. The van der Waals surface area contributed by atoms with Crippen molar-refractivity contribution in [3.8, 4) is 0 Å². The van der Waals surface area contributed by atoms with Crippen LogP contribution in [0.25, 0.3) is 20.4 Å². The number of ether oxygens (including phenoxy) is 1. The molecule has 0 fully saturated rings. The zero-order chi connectivity index (χ0) is 27.2. The van der Waals surface area contributed by atoms with E-state index in [-0.39, 0.29) is 5.60 Å². The number of carbonyl (C=O) groups is 1. The fraction of sp³-hybridized carbons (Fsp3) is 0.333. The SMILES string of the molecule is CC1(C)Cc2nc3sc4c(NCCc5ccc(NC(=O)C(F)(F)F)c([N+](=O)[O-])c5)ncnc4c3cc2CO1. The van der Waals surface area contributed by atoms with Gasteiger partial charge in [-0.3, -0.25) is 14.9 Å². The average molecular weight is 547 g/mol. The summed E-state index contributed by atoms with van der Waals surface area (Å²) in [5.74, 6) is -1.70. The molecule has 4 heterocycles. The van der Waals surface area contributed by atoms with Gasteiger partial charge in [0.05, 0.1) is 33.0 Å². The number of pyridine rings is 1. The van der Waals surface area contributed by atoms with E-state index in [0.29, 0.717) is 37.4 Å². The van der Waals surface area contributed by atoms with Crippen LogP contribution in [0, 0.1) is 10.1 Å². The normalized spacial score (nSPS) is 14.9. The molecule has 0 saturated carbocycles. The number of benzene rings is 1. The highest BCUT2D eigenvalue weighted by atomic mass is 32.1. The summed E-state index contributed by atoms with van der Waals surface area (Å²) in [7, 11) is 0. The van der Waals surface area contributed by atoms with Crippen molar-refractivity contribution in [3.63, 3.8) is 0 Å². The van der Waals surface area contributed by atoms with Gasteiger partial charge in [-0.1, -0.05) is 6.07 Å². The summed E-state index contributed by atoms with van der Waals surface area (Å²) in [5.41, 5.74) is 1.84. The van der Waals surface area contributed by atoms with Gasteiger partial charge in [0.15, 0.2) is 0 Å². The van der Waals surface area contributed by atoms with Crippen LogP contribution in [0.15, 0.2) is 30.6 Å². The minimum atomic E-state index is -5.16. The lowest BCUT2D eigenvalue weighted by atomic mass is 9.95. The van der Waals surface area contributed by atoms with E-state index in [1.807, 2.05) is 13.8 Å². The first kappa shape index (κ1) is 25.7. The quantitative estimate of drug-likeness (QED) is 0.251. The van der Waals surface area contributed by atoms with E-state index < -0.39 is 28.4 Å². The molecular weight excluding hydrogens is 525 g/mol. The van der Waals surface area contributed by atoms with Crippen molar-refractivity contribution in [1.29, 1.82) is 0 Å². The maximum atomic E-state index is 12.6. The minimum Gasteiger partial charge on any atom is -0.370 e. The van der Waals surface area contributed by atoms with Crippen molar-refractivity contribution >= 4 is 54.9 Å². The Morgan fingerprint density at radius 1 is 1.26 bits per heavy atom. The van der Waals surface area contributed by atoms with Crippen molar-refractivity contribution < 1.29 is 27.6 Å². The maximum Gasteiger partial charge on any atom is 0.471 e. The van der Waals surface area contributed by atoms with Gasteiger partial charge in [-0.15, -0.1) is 11.3 Å². The molecule has 0 aliphatic carbocycles. The van der Waals surface area contributed by atoms with Crippen molar-refractivity contribution in [2.45, 2.75) is 45.1 Å². The molecule has 1 aliphatic rings. The van der Waals surface area contributed by atoms with Gasteiger partial charge in [-0.25, -0.2) is 15.0 Å². The van der Waals surface area contributed by atoms with Gasteiger partial charge < -0.3 is 15.4 Å². The summed E-state index contributed by atoms with van der Waals surface area (Å²) in [6, 6.07) is 5.71. The lowest BCUT2D eigenvalue weighted by Gasteiger charge is -2.30. The molecule has 0 saturated heterocycles. The molecule has 3 aromatic heterocycles. The number of nitro groups is 1. The third-order valence-electron chi connectivity index (χ3n) is 6.10. The Kier molecular flexibility index (Phi) is 6.39. The first-order chi connectivity index (χ1) is 17.9. The largest absolute Gasteiger partial charge is 0.471 e. The summed E-state index contributed by atoms with van der Waals surface area (Å²) in [6.07, 6.45) is -2.71. The summed E-state index contributed by atoms with van der Waals surface area (Å²) < 4.78 is 44.4. The van der Waals surface area contributed by atoms with Crippen LogP contribution in [0.5, 0.6) is 0 Å². The van der Waals surface area contributed by atoms with Crippen LogP contribution >= 0.6 is 11.3 Å². The van der Waals surface area contributed by atoms with Crippen LogP contribution in [-0.2, 0) is 29.0 Å². The molecule has 4 aromatic rings. The lowest BCUT2D eigenvalue weighted by Crippen LogP contribution is -2.32. The number of thiophene rings is 1. The number of hydrogen-bond donors (Lipinski definition) is 2. The van der Waals surface area contributed by atoms with Crippen LogP contribution in [0.1, 0.15) is 30.7 Å². The van der Waals surface area contributed by atoms with Crippen molar-refractivity contribution in [2.75, 3.05) is 17.2 Å². The third-order valence-corrected chi connectivity index (χ3v) is 7.19. The smallest absolute Gasteiger partial charge is 0.370 e. The molecule has 5 rings (SSSR count).